The van der Waals surface area contributed by atoms with Gasteiger partial charge in [-0.25, -0.2) is 4.98 Å². The standard InChI is InChI=1S/C11H13N3O/c1-8-3-2-6-14-10(4-5-12)13-9(7-15)11(8)14/h2-3,6-7H,4-5,12H2,1H3. The van der Waals surface area contributed by atoms with E-state index in [1.54, 1.807) is 0 Å². The van der Waals surface area contributed by atoms with Crippen LogP contribution >= 0.6 is 0 Å². The van der Waals surface area contributed by atoms with Gasteiger partial charge in [-0.3, -0.25) is 4.79 Å². The molecule has 0 aromatic carbocycles. The number of carbonyl (C=O) groups excluding carboxylic acids is 1. The van der Waals surface area contributed by atoms with Crippen LogP contribution in [0.3, 0.4) is 0 Å². The predicted octanol–water partition coefficient (Wildman–Crippen LogP) is 0.956. The maximum Gasteiger partial charge on any atom is 0.170 e. The van der Waals surface area contributed by atoms with Crippen LogP contribution in [-0.4, -0.2) is 22.2 Å². The van der Waals surface area contributed by atoms with E-state index in [1.807, 2.05) is 29.7 Å². The van der Waals surface area contributed by atoms with Gasteiger partial charge in [-0.15, -0.1) is 0 Å². The monoisotopic (exact) mass is 203 g/mol. The van der Waals surface area contributed by atoms with E-state index in [4.69, 9.17) is 5.73 Å². The van der Waals surface area contributed by atoms with Gasteiger partial charge in [0.1, 0.15) is 11.5 Å². The van der Waals surface area contributed by atoms with Gasteiger partial charge in [0.15, 0.2) is 6.29 Å². The zero-order valence-electron chi connectivity index (χ0n) is 8.60. The van der Waals surface area contributed by atoms with Crippen LogP contribution in [0, 0.1) is 6.92 Å². The van der Waals surface area contributed by atoms with Gasteiger partial charge >= 0.3 is 0 Å². The van der Waals surface area contributed by atoms with Crippen LogP contribution in [0.4, 0.5) is 0 Å². The molecule has 2 aromatic heterocycles. The molecule has 2 N–H and O–H groups in total. The number of hydrogen-bond acceptors (Lipinski definition) is 3. The molecule has 0 atom stereocenters. The van der Waals surface area contributed by atoms with E-state index in [-0.39, 0.29) is 0 Å². The first-order chi connectivity index (χ1) is 7.27. The second-order valence-electron chi connectivity index (χ2n) is 3.48. The molecule has 2 rings (SSSR count). The van der Waals surface area contributed by atoms with Crippen LogP contribution in [0.1, 0.15) is 21.9 Å². The molecule has 0 saturated carbocycles. The van der Waals surface area contributed by atoms with Crippen molar-refractivity contribution in [3.05, 3.63) is 35.4 Å². The number of hydrogen-bond donors (Lipinski definition) is 1. The Bertz CT molecular complexity index is 502. The number of nitrogens with zero attached hydrogens (tertiary/aromatic N) is 2. The topological polar surface area (TPSA) is 60.4 Å². The van der Waals surface area contributed by atoms with E-state index in [0.29, 0.717) is 18.7 Å². The number of aromatic nitrogens is 2. The van der Waals surface area contributed by atoms with E-state index in [9.17, 15) is 4.79 Å². The summed E-state index contributed by atoms with van der Waals surface area (Å²) in [6.07, 6.45) is 3.38. The first kappa shape index (κ1) is 9.86. The summed E-state index contributed by atoms with van der Waals surface area (Å²) in [5.41, 5.74) is 7.93. The number of pyridine rings is 1. The molecule has 0 saturated heterocycles. The summed E-state index contributed by atoms with van der Waals surface area (Å²) < 4.78 is 1.94. The Kier molecular flexibility index (Phi) is 2.51. The zero-order chi connectivity index (χ0) is 10.8. The summed E-state index contributed by atoms with van der Waals surface area (Å²) in [5, 5.41) is 0. The Balaban J connectivity index is 2.75. The van der Waals surface area contributed by atoms with Crippen molar-refractivity contribution in [2.75, 3.05) is 6.54 Å². The Morgan fingerprint density at radius 2 is 2.40 bits per heavy atom. The third-order valence-electron chi connectivity index (χ3n) is 2.45. The van der Waals surface area contributed by atoms with Gasteiger partial charge < -0.3 is 10.1 Å². The van der Waals surface area contributed by atoms with Crippen LogP contribution in [0.25, 0.3) is 5.52 Å². The molecule has 2 heterocycles. The Morgan fingerprint density at radius 3 is 3.07 bits per heavy atom. The molecule has 4 nitrogen and oxygen atoms in total. The van der Waals surface area contributed by atoms with E-state index in [2.05, 4.69) is 4.98 Å². The molecular formula is C11H13N3O. The summed E-state index contributed by atoms with van der Waals surface area (Å²) in [6.45, 7) is 2.50. The van der Waals surface area contributed by atoms with Crippen molar-refractivity contribution >= 4 is 11.8 Å². The first-order valence-corrected chi connectivity index (χ1v) is 4.89. The number of aryl methyl sites for hydroxylation is 1. The van der Waals surface area contributed by atoms with Gasteiger partial charge in [0.2, 0.25) is 0 Å². The summed E-state index contributed by atoms with van der Waals surface area (Å²) in [4.78, 5) is 15.2. The number of rotatable bonds is 3. The SMILES string of the molecule is Cc1cccn2c(CCN)nc(C=O)c12. The maximum atomic E-state index is 10.9. The molecule has 0 aliphatic carbocycles. The quantitative estimate of drug-likeness (QED) is 0.756. The normalized spacial score (nSPS) is 10.8. The smallest absolute Gasteiger partial charge is 0.170 e. The highest BCUT2D eigenvalue weighted by Gasteiger charge is 2.10. The summed E-state index contributed by atoms with van der Waals surface area (Å²) >= 11 is 0. The van der Waals surface area contributed by atoms with Crippen molar-refractivity contribution in [3.8, 4) is 0 Å². The fourth-order valence-electron chi connectivity index (χ4n) is 1.79. The Hall–Kier alpha value is -1.68. The van der Waals surface area contributed by atoms with Gasteiger partial charge in [-0.1, -0.05) is 6.07 Å². The summed E-state index contributed by atoms with van der Waals surface area (Å²) in [5.74, 6) is 0.846. The van der Waals surface area contributed by atoms with Gasteiger partial charge in [0, 0.05) is 12.6 Å². The lowest BCUT2D eigenvalue weighted by Crippen LogP contribution is -2.06. The molecule has 0 fully saturated rings. The Labute approximate surface area is 87.7 Å². The van der Waals surface area contributed by atoms with Crippen molar-refractivity contribution in [1.82, 2.24) is 9.38 Å². The van der Waals surface area contributed by atoms with Crippen LogP contribution in [0.2, 0.25) is 0 Å². The summed E-state index contributed by atoms with van der Waals surface area (Å²) in [7, 11) is 0. The van der Waals surface area contributed by atoms with Crippen molar-refractivity contribution in [2.45, 2.75) is 13.3 Å². The van der Waals surface area contributed by atoms with Gasteiger partial charge in [0.05, 0.1) is 5.52 Å². The highest BCUT2D eigenvalue weighted by atomic mass is 16.1. The molecule has 2 aromatic rings. The lowest BCUT2D eigenvalue weighted by Gasteiger charge is -2.00. The number of nitrogens with two attached hydrogens (primary N) is 1. The van der Waals surface area contributed by atoms with Crippen LogP contribution < -0.4 is 5.73 Å². The summed E-state index contributed by atoms with van der Waals surface area (Å²) in [6, 6.07) is 3.91. The third-order valence-corrected chi connectivity index (χ3v) is 2.45. The van der Waals surface area contributed by atoms with E-state index < -0.39 is 0 Å². The fraction of sp³-hybridized carbons (Fsp3) is 0.273. The van der Waals surface area contributed by atoms with E-state index >= 15 is 0 Å². The lowest BCUT2D eigenvalue weighted by atomic mass is 10.2. The van der Waals surface area contributed by atoms with E-state index in [1.165, 1.54) is 0 Å². The molecule has 4 heteroatoms. The third kappa shape index (κ3) is 1.53. The first-order valence-electron chi connectivity index (χ1n) is 4.89. The second-order valence-corrected chi connectivity index (χ2v) is 3.48. The largest absolute Gasteiger partial charge is 0.330 e. The van der Waals surface area contributed by atoms with Crippen molar-refractivity contribution in [3.63, 3.8) is 0 Å². The van der Waals surface area contributed by atoms with Crippen molar-refractivity contribution in [2.24, 2.45) is 5.73 Å². The van der Waals surface area contributed by atoms with Crippen LogP contribution in [0.5, 0.6) is 0 Å². The minimum atomic E-state index is 0.497. The van der Waals surface area contributed by atoms with Crippen LogP contribution in [0.15, 0.2) is 18.3 Å². The number of fused-ring (bicyclic) bond motifs is 1. The average Bonchev–Trinajstić information content (AvgIpc) is 2.59. The molecule has 78 valence electrons. The minimum absolute atomic E-state index is 0.497. The molecule has 0 amide bonds. The van der Waals surface area contributed by atoms with Gasteiger partial charge in [-0.05, 0) is 25.1 Å². The highest BCUT2D eigenvalue weighted by molar-refractivity contribution is 5.85. The lowest BCUT2D eigenvalue weighted by molar-refractivity contribution is 0.112. The molecule has 0 aliphatic heterocycles. The number of aldehydes is 1. The van der Waals surface area contributed by atoms with Crippen LogP contribution in [-0.2, 0) is 6.42 Å². The number of imidazole rings is 1. The maximum absolute atomic E-state index is 10.9. The molecule has 15 heavy (non-hydrogen) atoms. The van der Waals surface area contributed by atoms with Gasteiger partial charge in [0.25, 0.3) is 0 Å². The van der Waals surface area contributed by atoms with Crippen molar-refractivity contribution in [1.29, 1.82) is 0 Å². The molecular weight excluding hydrogens is 190 g/mol. The average molecular weight is 203 g/mol. The molecule has 0 aliphatic rings. The molecule has 0 radical (unpaired) electrons. The number of carbonyl (C=O) groups is 1. The zero-order valence-corrected chi connectivity index (χ0v) is 8.60. The minimum Gasteiger partial charge on any atom is -0.330 e. The molecule has 0 spiro atoms. The van der Waals surface area contributed by atoms with E-state index in [0.717, 1.165) is 23.2 Å². The predicted molar refractivity (Wildman–Crippen MR) is 58.1 cm³/mol. The van der Waals surface area contributed by atoms with Gasteiger partial charge in [-0.2, -0.15) is 0 Å². The molecule has 0 bridgehead atoms. The highest BCUT2D eigenvalue weighted by Crippen LogP contribution is 2.16. The fourth-order valence-corrected chi connectivity index (χ4v) is 1.79. The second kappa shape index (κ2) is 3.82. The molecule has 0 unspecified atom stereocenters. The van der Waals surface area contributed by atoms with Crippen molar-refractivity contribution < 1.29 is 4.79 Å². The Morgan fingerprint density at radius 1 is 1.60 bits per heavy atom.